The predicted molar refractivity (Wildman–Crippen MR) is 107 cm³/mol. The molecule has 7 nitrogen and oxygen atoms in total. The molecule has 3 rings (SSSR count). The third-order valence-corrected chi connectivity index (χ3v) is 5.25. The SMILES string of the molecule is Cc1c2c(cc3c1N(C[C@@H](O)CO)CCO3)CCN(C(=O)OC(C)(C)C)CC2. The van der Waals surface area contributed by atoms with Crippen LogP contribution in [0.25, 0.3) is 0 Å². The lowest BCUT2D eigenvalue weighted by molar-refractivity contribution is 0.0258. The Morgan fingerprint density at radius 1 is 1.29 bits per heavy atom. The Hall–Kier alpha value is -1.99. The molecule has 2 heterocycles. The van der Waals surface area contributed by atoms with Gasteiger partial charge in [-0.3, -0.25) is 0 Å². The van der Waals surface area contributed by atoms with E-state index in [1.54, 1.807) is 4.90 Å². The molecule has 0 saturated heterocycles. The second kappa shape index (κ2) is 8.17. The number of rotatable bonds is 3. The van der Waals surface area contributed by atoms with Crippen LogP contribution in [0.2, 0.25) is 0 Å². The van der Waals surface area contributed by atoms with E-state index in [2.05, 4.69) is 17.9 Å². The number of carbonyl (C=O) groups is 1. The Morgan fingerprint density at radius 3 is 2.68 bits per heavy atom. The van der Waals surface area contributed by atoms with E-state index >= 15 is 0 Å². The van der Waals surface area contributed by atoms with Crippen LogP contribution in [0.5, 0.6) is 5.75 Å². The summed E-state index contributed by atoms with van der Waals surface area (Å²) >= 11 is 0. The van der Waals surface area contributed by atoms with Crippen LogP contribution in [0.15, 0.2) is 6.07 Å². The summed E-state index contributed by atoms with van der Waals surface area (Å²) < 4.78 is 11.4. The van der Waals surface area contributed by atoms with Crippen LogP contribution in [0.3, 0.4) is 0 Å². The first-order chi connectivity index (χ1) is 13.2. The highest BCUT2D eigenvalue weighted by atomic mass is 16.6. The van der Waals surface area contributed by atoms with Gasteiger partial charge in [0.2, 0.25) is 0 Å². The van der Waals surface area contributed by atoms with E-state index in [4.69, 9.17) is 9.47 Å². The molecule has 0 fully saturated rings. The molecule has 28 heavy (non-hydrogen) atoms. The van der Waals surface area contributed by atoms with Gasteiger partial charge < -0.3 is 29.5 Å². The Labute approximate surface area is 166 Å². The van der Waals surface area contributed by atoms with Crippen molar-refractivity contribution in [2.45, 2.75) is 52.2 Å². The highest BCUT2D eigenvalue weighted by Crippen LogP contribution is 2.40. The summed E-state index contributed by atoms with van der Waals surface area (Å²) in [5.41, 5.74) is 4.05. The Kier molecular flexibility index (Phi) is 6.05. The van der Waals surface area contributed by atoms with Crippen LogP contribution < -0.4 is 9.64 Å². The van der Waals surface area contributed by atoms with Crippen LogP contribution in [0.1, 0.15) is 37.5 Å². The first-order valence-electron chi connectivity index (χ1n) is 9.99. The number of carbonyl (C=O) groups excluding carboxylic acids is 1. The molecule has 0 spiro atoms. The molecular formula is C21H32N2O5. The lowest BCUT2D eigenvalue weighted by Crippen LogP contribution is -2.40. The molecule has 0 radical (unpaired) electrons. The van der Waals surface area contributed by atoms with Crippen molar-refractivity contribution in [2.75, 3.05) is 44.3 Å². The third kappa shape index (κ3) is 4.52. The smallest absolute Gasteiger partial charge is 0.410 e. The number of hydrogen-bond donors (Lipinski definition) is 2. The molecule has 0 unspecified atom stereocenters. The van der Waals surface area contributed by atoms with Gasteiger partial charge in [0.1, 0.15) is 18.0 Å². The lowest BCUT2D eigenvalue weighted by atomic mass is 9.94. The minimum atomic E-state index is -0.785. The monoisotopic (exact) mass is 392 g/mol. The van der Waals surface area contributed by atoms with Crippen LogP contribution in [-0.4, -0.2) is 72.3 Å². The van der Waals surface area contributed by atoms with Gasteiger partial charge >= 0.3 is 6.09 Å². The zero-order valence-electron chi connectivity index (χ0n) is 17.3. The van der Waals surface area contributed by atoms with Gasteiger partial charge in [-0.2, -0.15) is 0 Å². The van der Waals surface area contributed by atoms with E-state index in [1.807, 2.05) is 20.8 Å². The van der Waals surface area contributed by atoms with E-state index in [-0.39, 0.29) is 12.7 Å². The molecule has 1 aromatic rings. The van der Waals surface area contributed by atoms with Crippen LogP contribution in [-0.2, 0) is 17.6 Å². The molecule has 1 amide bonds. The molecule has 0 aliphatic carbocycles. The number of ether oxygens (including phenoxy) is 2. The summed E-state index contributed by atoms with van der Waals surface area (Å²) in [5, 5.41) is 19.1. The normalized spacial score (nSPS) is 17.9. The molecule has 0 saturated carbocycles. The fourth-order valence-electron chi connectivity index (χ4n) is 3.95. The molecule has 7 heteroatoms. The van der Waals surface area contributed by atoms with Crippen LogP contribution >= 0.6 is 0 Å². The number of β-amino-alcohol motifs (C(OH)–C–C–N with tert-alkyl or cyclic N) is 1. The first-order valence-corrected chi connectivity index (χ1v) is 9.99. The summed E-state index contributed by atoms with van der Waals surface area (Å²) in [6.45, 7) is 10.3. The maximum Gasteiger partial charge on any atom is 0.410 e. The number of aliphatic hydroxyl groups is 2. The van der Waals surface area contributed by atoms with Crippen LogP contribution in [0.4, 0.5) is 10.5 Å². The predicted octanol–water partition coefficient (Wildman–Crippen LogP) is 1.88. The molecule has 0 bridgehead atoms. The van der Waals surface area contributed by atoms with Gasteiger partial charge in [0.15, 0.2) is 0 Å². The molecule has 2 aliphatic heterocycles. The average Bonchev–Trinajstić information content (AvgIpc) is 2.83. The molecule has 2 aliphatic rings. The molecular weight excluding hydrogens is 360 g/mol. The summed E-state index contributed by atoms with van der Waals surface area (Å²) in [5.74, 6) is 0.818. The summed E-state index contributed by atoms with van der Waals surface area (Å²) in [7, 11) is 0. The fraction of sp³-hybridized carbons (Fsp3) is 0.667. The largest absolute Gasteiger partial charge is 0.490 e. The lowest BCUT2D eigenvalue weighted by Gasteiger charge is -2.35. The number of fused-ring (bicyclic) bond motifs is 2. The zero-order valence-corrected chi connectivity index (χ0v) is 17.3. The fourth-order valence-corrected chi connectivity index (χ4v) is 3.95. The molecule has 1 atom stereocenters. The van der Waals surface area contributed by atoms with Gasteiger partial charge in [-0.1, -0.05) is 0 Å². The molecule has 156 valence electrons. The van der Waals surface area contributed by atoms with Crippen molar-refractivity contribution in [1.82, 2.24) is 4.90 Å². The highest BCUT2D eigenvalue weighted by Gasteiger charge is 2.29. The zero-order chi connectivity index (χ0) is 20.5. The van der Waals surface area contributed by atoms with Crippen molar-refractivity contribution in [3.63, 3.8) is 0 Å². The first kappa shape index (κ1) is 20.7. The van der Waals surface area contributed by atoms with Crippen molar-refractivity contribution in [2.24, 2.45) is 0 Å². The quantitative estimate of drug-likeness (QED) is 0.817. The Balaban J connectivity index is 1.84. The standard InChI is InChI=1S/C21H32N2O5/c1-14-17-6-8-22(20(26)28-21(2,3)4)7-5-15(17)11-18-19(14)23(9-10-27-18)12-16(25)13-24/h11,16,24-25H,5-10,12-13H2,1-4H3/t16-/m1/s1. The van der Waals surface area contributed by atoms with E-state index in [9.17, 15) is 15.0 Å². The van der Waals surface area contributed by atoms with Crippen molar-refractivity contribution < 1.29 is 24.5 Å². The molecule has 1 aromatic carbocycles. The number of aliphatic hydroxyl groups excluding tert-OH is 2. The van der Waals surface area contributed by atoms with Crippen LogP contribution in [0, 0.1) is 6.92 Å². The van der Waals surface area contributed by atoms with E-state index in [0.29, 0.717) is 32.8 Å². The highest BCUT2D eigenvalue weighted by molar-refractivity contribution is 5.71. The second-order valence-corrected chi connectivity index (χ2v) is 8.58. The van der Waals surface area contributed by atoms with Crippen molar-refractivity contribution in [3.8, 4) is 5.75 Å². The Bertz CT molecular complexity index is 728. The van der Waals surface area contributed by atoms with E-state index in [1.165, 1.54) is 11.1 Å². The maximum atomic E-state index is 12.5. The van der Waals surface area contributed by atoms with Gasteiger partial charge in [-0.05, 0) is 63.3 Å². The molecule has 2 N–H and O–H groups in total. The van der Waals surface area contributed by atoms with Gasteiger partial charge in [0.25, 0.3) is 0 Å². The number of benzene rings is 1. The average molecular weight is 392 g/mol. The van der Waals surface area contributed by atoms with E-state index < -0.39 is 11.7 Å². The van der Waals surface area contributed by atoms with Gasteiger partial charge in [-0.15, -0.1) is 0 Å². The Morgan fingerprint density at radius 2 is 2.00 bits per heavy atom. The third-order valence-electron chi connectivity index (χ3n) is 5.25. The van der Waals surface area contributed by atoms with Gasteiger partial charge in [0.05, 0.1) is 24.9 Å². The summed E-state index contributed by atoms with van der Waals surface area (Å²) in [6, 6.07) is 2.08. The number of amides is 1. The second-order valence-electron chi connectivity index (χ2n) is 8.58. The summed E-state index contributed by atoms with van der Waals surface area (Å²) in [6.07, 6.45) is 0.452. The minimum Gasteiger partial charge on any atom is -0.490 e. The van der Waals surface area contributed by atoms with E-state index in [0.717, 1.165) is 29.8 Å². The number of nitrogens with zero attached hydrogens (tertiary/aromatic N) is 2. The topological polar surface area (TPSA) is 82.5 Å². The maximum absolute atomic E-state index is 12.5. The minimum absolute atomic E-state index is 0.262. The van der Waals surface area contributed by atoms with Gasteiger partial charge in [-0.25, -0.2) is 4.79 Å². The van der Waals surface area contributed by atoms with Crippen molar-refractivity contribution in [3.05, 3.63) is 22.8 Å². The van der Waals surface area contributed by atoms with Gasteiger partial charge in [0, 0.05) is 19.6 Å². The van der Waals surface area contributed by atoms with Crippen molar-refractivity contribution in [1.29, 1.82) is 0 Å². The number of hydrogen-bond acceptors (Lipinski definition) is 6. The summed E-state index contributed by atoms with van der Waals surface area (Å²) in [4.78, 5) is 16.3. The molecule has 0 aromatic heterocycles. The van der Waals surface area contributed by atoms with Crippen molar-refractivity contribution >= 4 is 11.8 Å². The number of anilines is 1.